The van der Waals surface area contributed by atoms with Crippen LogP contribution in [0.2, 0.25) is 0 Å². The van der Waals surface area contributed by atoms with Crippen molar-refractivity contribution in [2.75, 3.05) is 6.61 Å². The minimum atomic E-state index is -0.396. The molecule has 0 radical (unpaired) electrons. The molecule has 0 aliphatic heterocycles. The van der Waals surface area contributed by atoms with Crippen LogP contribution in [0.3, 0.4) is 0 Å². The number of hydrogen-bond acceptors (Lipinski definition) is 4. The van der Waals surface area contributed by atoms with E-state index in [4.69, 9.17) is 4.74 Å². The van der Waals surface area contributed by atoms with E-state index in [0.717, 1.165) is 11.1 Å². The molecule has 1 amide bonds. The molecule has 202 valence electrons. The highest BCUT2D eigenvalue weighted by Crippen LogP contribution is 2.24. The van der Waals surface area contributed by atoms with Crippen LogP contribution in [0, 0.1) is 23.1 Å². The van der Waals surface area contributed by atoms with E-state index >= 15 is 0 Å². The van der Waals surface area contributed by atoms with Crippen LogP contribution in [0.15, 0.2) is 103 Å². The molecule has 0 aliphatic carbocycles. The molecular formula is C34H31FN2O3. The number of esters is 1. The largest absolute Gasteiger partial charge is 0.465 e. The zero-order valence-electron chi connectivity index (χ0n) is 22.3. The summed E-state index contributed by atoms with van der Waals surface area (Å²) in [5, 5.41) is 12.5. The number of carbonyl (C=O) groups is 2. The molecule has 0 aromatic heterocycles. The van der Waals surface area contributed by atoms with Gasteiger partial charge in [-0.1, -0.05) is 72.8 Å². The SMILES string of the molecule is CC(=O)OCC(Cc1cccc(C#N)c1)C(CCc1ccccc1)NC(=O)c1ccc(-c2ccccc2F)cc1. The summed E-state index contributed by atoms with van der Waals surface area (Å²) < 4.78 is 19.7. The normalized spacial score (nSPS) is 12.1. The van der Waals surface area contributed by atoms with Crippen molar-refractivity contribution in [2.45, 2.75) is 32.2 Å². The summed E-state index contributed by atoms with van der Waals surface area (Å²) in [5.74, 6) is -1.22. The molecule has 40 heavy (non-hydrogen) atoms. The first-order chi connectivity index (χ1) is 19.4. The fourth-order valence-electron chi connectivity index (χ4n) is 4.75. The van der Waals surface area contributed by atoms with E-state index in [1.165, 1.54) is 13.0 Å². The molecule has 1 N–H and O–H groups in total. The van der Waals surface area contributed by atoms with E-state index in [2.05, 4.69) is 11.4 Å². The Kier molecular flexibility index (Phi) is 9.79. The zero-order valence-corrected chi connectivity index (χ0v) is 22.3. The molecule has 4 rings (SSSR count). The van der Waals surface area contributed by atoms with Crippen molar-refractivity contribution in [3.63, 3.8) is 0 Å². The molecule has 0 aliphatic rings. The molecule has 2 unspecified atom stereocenters. The number of halogens is 1. The number of ether oxygens (including phenoxy) is 1. The predicted octanol–water partition coefficient (Wildman–Crippen LogP) is 6.52. The van der Waals surface area contributed by atoms with Gasteiger partial charge in [0.15, 0.2) is 0 Å². The van der Waals surface area contributed by atoms with Gasteiger partial charge >= 0.3 is 5.97 Å². The molecule has 0 bridgehead atoms. The Morgan fingerprint density at radius 3 is 2.30 bits per heavy atom. The van der Waals surface area contributed by atoms with Crippen molar-refractivity contribution in [1.82, 2.24) is 5.32 Å². The van der Waals surface area contributed by atoms with Crippen molar-refractivity contribution in [3.8, 4) is 17.2 Å². The van der Waals surface area contributed by atoms with Gasteiger partial charge in [0, 0.05) is 30.0 Å². The molecule has 2 atom stereocenters. The predicted molar refractivity (Wildman–Crippen MR) is 153 cm³/mol. The van der Waals surface area contributed by atoms with Crippen LogP contribution in [0.4, 0.5) is 4.39 Å². The molecule has 0 spiro atoms. The van der Waals surface area contributed by atoms with Crippen LogP contribution in [0.5, 0.6) is 0 Å². The maximum absolute atomic E-state index is 14.2. The van der Waals surface area contributed by atoms with E-state index in [1.54, 1.807) is 48.5 Å². The van der Waals surface area contributed by atoms with Gasteiger partial charge in [-0.05, 0) is 66.3 Å². The van der Waals surface area contributed by atoms with E-state index in [-0.39, 0.29) is 30.3 Å². The lowest BCUT2D eigenvalue weighted by Gasteiger charge is -2.28. The highest BCUT2D eigenvalue weighted by molar-refractivity contribution is 5.95. The van der Waals surface area contributed by atoms with Crippen LogP contribution in [0.1, 0.15) is 40.4 Å². The second kappa shape index (κ2) is 13.9. The van der Waals surface area contributed by atoms with Crippen LogP contribution >= 0.6 is 0 Å². The number of nitrogens with one attached hydrogen (secondary N) is 1. The third kappa shape index (κ3) is 7.87. The molecule has 0 heterocycles. The minimum absolute atomic E-state index is 0.123. The molecule has 0 saturated carbocycles. The number of hydrogen-bond donors (Lipinski definition) is 1. The molecule has 0 saturated heterocycles. The monoisotopic (exact) mass is 534 g/mol. The Labute approximate surface area is 234 Å². The Morgan fingerprint density at radius 2 is 1.60 bits per heavy atom. The third-order valence-electron chi connectivity index (χ3n) is 6.86. The van der Waals surface area contributed by atoms with Gasteiger partial charge in [0.2, 0.25) is 0 Å². The van der Waals surface area contributed by atoms with Crippen molar-refractivity contribution < 1.29 is 18.7 Å². The number of nitriles is 1. The van der Waals surface area contributed by atoms with Gasteiger partial charge in [0.25, 0.3) is 5.91 Å². The first kappa shape index (κ1) is 28.3. The molecule has 4 aromatic carbocycles. The number of rotatable bonds is 11. The zero-order chi connectivity index (χ0) is 28.3. The van der Waals surface area contributed by atoms with Gasteiger partial charge < -0.3 is 10.1 Å². The fraction of sp³-hybridized carbons (Fsp3) is 0.206. The smallest absolute Gasteiger partial charge is 0.302 e. The summed E-state index contributed by atoms with van der Waals surface area (Å²) in [6.45, 7) is 1.49. The maximum atomic E-state index is 14.2. The quantitative estimate of drug-likeness (QED) is 0.222. The van der Waals surface area contributed by atoms with E-state index in [9.17, 15) is 19.2 Å². The summed E-state index contributed by atoms with van der Waals surface area (Å²) in [7, 11) is 0. The first-order valence-corrected chi connectivity index (χ1v) is 13.2. The number of aryl methyl sites for hydroxylation is 1. The summed E-state index contributed by atoms with van der Waals surface area (Å²) >= 11 is 0. The van der Waals surface area contributed by atoms with Crippen LogP contribution < -0.4 is 5.32 Å². The summed E-state index contributed by atoms with van der Waals surface area (Å²) in [5.41, 5.74) is 4.20. The number of benzene rings is 4. The van der Waals surface area contributed by atoms with Gasteiger partial charge in [0.1, 0.15) is 5.82 Å². The van der Waals surface area contributed by atoms with Crippen molar-refractivity contribution >= 4 is 11.9 Å². The summed E-state index contributed by atoms with van der Waals surface area (Å²) in [6.07, 6.45) is 1.84. The molecule has 6 heteroatoms. The van der Waals surface area contributed by atoms with Crippen LogP contribution in [0.25, 0.3) is 11.1 Å². The Bertz CT molecular complexity index is 1480. The fourth-order valence-corrected chi connectivity index (χ4v) is 4.75. The van der Waals surface area contributed by atoms with Gasteiger partial charge in [-0.15, -0.1) is 0 Å². The van der Waals surface area contributed by atoms with E-state index in [0.29, 0.717) is 41.5 Å². The Balaban J connectivity index is 1.58. The van der Waals surface area contributed by atoms with Crippen molar-refractivity contribution in [2.24, 2.45) is 5.92 Å². The van der Waals surface area contributed by atoms with Gasteiger partial charge in [0.05, 0.1) is 18.2 Å². The lowest BCUT2D eigenvalue weighted by Crippen LogP contribution is -2.43. The minimum Gasteiger partial charge on any atom is -0.465 e. The first-order valence-electron chi connectivity index (χ1n) is 13.2. The highest BCUT2D eigenvalue weighted by atomic mass is 19.1. The topological polar surface area (TPSA) is 79.2 Å². The number of carbonyl (C=O) groups excluding carboxylic acids is 2. The number of amides is 1. The number of nitrogens with zero attached hydrogens (tertiary/aromatic N) is 1. The summed E-state index contributed by atoms with van der Waals surface area (Å²) in [6, 6.07) is 32.5. The van der Waals surface area contributed by atoms with Gasteiger partial charge in [-0.3, -0.25) is 9.59 Å². The average molecular weight is 535 g/mol. The second-order valence-electron chi connectivity index (χ2n) is 9.74. The van der Waals surface area contributed by atoms with Gasteiger partial charge in [-0.2, -0.15) is 5.26 Å². The van der Waals surface area contributed by atoms with Crippen molar-refractivity contribution in [3.05, 3.63) is 131 Å². The van der Waals surface area contributed by atoms with Crippen LogP contribution in [-0.2, 0) is 22.4 Å². The van der Waals surface area contributed by atoms with E-state index < -0.39 is 5.97 Å². The Hall–Kier alpha value is -4.76. The van der Waals surface area contributed by atoms with Gasteiger partial charge in [-0.25, -0.2) is 4.39 Å². The molecule has 0 fully saturated rings. The van der Waals surface area contributed by atoms with Crippen molar-refractivity contribution in [1.29, 1.82) is 5.26 Å². The van der Waals surface area contributed by atoms with Crippen LogP contribution in [-0.4, -0.2) is 24.5 Å². The highest BCUT2D eigenvalue weighted by Gasteiger charge is 2.26. The maximum Gasteiger partial charge on any atom is 0.302 e. The Morgan fingerprint density at radius 1 is 0.900 bits per heavy atom. The molecule has 5 nitrogen and oxygen atoms in total. The second-order valence-corrected chi connectivity index (χ2v) is 9.74. The van der Waals surface area contributed by atoms with E-state index in [1.807, 2.05) is 48.5 Å². The molecule has 4 aromatic rings. The standard InChI is InChI=1S/C34H31FN2O3/c1-24(38)40-23-30(21-26-10-7-11-27(20-26)22-36)33(19-14-25-8-3-2-4-9-25)37-34(39)29-17-15-28(16-18-29)31-12-5-6-13-32(31)35/h2-13,15-18,20,30,33H,14,19,21,23H2,1H3,(H,37,39). The molecular weight excluding hydrogens is 503 g/mol. The lowest BCUT2D eigenvalue weighted by atomic mass is 9.88. The average Bonchev–Trinajstić information content (AvgIpc) is 2.98. The third-order valence-corrected chi connectivity index (χ3v) is 6.86. The summed E-state index contributed by atoms with van der Waals surface area (Å²) in [4.78, 5) is 25.2. The lowest BCUT2D eigenvalue weighted by molar-refractivity contribution is -0.142.